The molecule has 100 valence electrons. The smallest absolute Gasteiger partial charge is 0.122 e. The van der Waals surface area contributed by atoms with Gasteiger partial charge in [-0.3, -0.25) is 0 Å². The summed E-state index contributed by atoms with van der Waals surface area (Å²) in [6, 6.07) is 6.25. The molecule has 0 aromatic heterocycles. The molecule has 2 heteroatoms. The van der Waals surface area contributed by atoms with Gasteiger partial charge >= 0.3 is 0 Å². The van der Waals surface area contributed by atoms with Gasteiger partial charge in [0.1, 0.15) is 5.75 Å². The van der Waals surface area contributed by atoms with E-state index in [1.54, 1.807) is 7.11 Å². The summed E-state index contributed by atoms with van der Waals surface area (Å²) in [6.45, 7) is 2.09. The van der Waals surface area contributed by atoms with Crippen LogP contribution >= 0.6 is 0 Å². The predicted octanol–water partition coefficient (Wildman–Crippen LogP) is 3.49. The van der Waals surface area contributed by atoms with Crippen molar-refractivity contribution in [3.8, 4) is 5.75 Å². The predicted molar refractivity (Wildman–Crippen MR) is 74.0 cm³/mol. The quantitative estimate of drug-likeness (QED) is 0.864. The molecule has 0 radical (unpaired) electrons. The Morgan fingerprint density at radius 1 is 1.33 bits per heavy atom. The maximum atomic E-state index is 10.2. The number of hydrogen-bond donors (Lipinski definition) is 1. The van der Waals surface area contributed by atoms with Gasteiger partial charge in [0.25, 0.3) is 0 Å². The highest BCUT2D eigenvalue weighted by atomic mass is 16.5. The first-order chi connectivity index (χ1) is 8.70. The first-order valence-electron chi connectivity index (χ1n) is 7.02. The zero-order chi connectivity index (χ0) is 13.0. The van der Waals surface area contributed by atoms with Gasteiger partial charge in [-0.05, 0) is 50.2 Å². The van der Waals surface area contributed by atoms with E-state index in [9.17, 15) is 5.11 Å². The Morgan fingerprint density at radius 3 is 2.72 bits per heavy atom. The lowest BCUT2D eigenvalue weighted by Crippen LogP contribution is -2.18. The lowest BCUT2D eigenvalue weighted by atomic mass is 9.94. The zero-order valence-corrected chi connectivity index (χ0v) is 11.5. The largest absolute Gasteiger partial charge is 0.496 e. The summed E-state index contributed by atoms with van der Waals surface area (Å²) in [5.74, 6) is 1.47. The molecule has 0 saturated heterocycles. The molecule has 0 amide bonds. The SMILES string of the molecule is COc1ccc(C)cc1CCC(O)C1CCCC1. The molecule has 1 aliphatic rings. The van der Waals surface area contributed by atoms with Crippen LogP contribution in [-0.4, -0.2) is 18.3 Å². The van der Waals surface area contributed by atoms with Crippen molar-refractivity contribution < 1.29 is 9.84 Å². The van der Waals surface area contributed by atoms with Crippen LogP contribution in [-0.2, 0) is 6.42 Å². The van der Waals surface area contributed by atoms with Crippen LogP contribution < -0.4 is 4.74 Å². The van der Waals surface area contributed by atoms with Crippen molar-refractivity contribution >= 4 is 0 Å². The standard InChI is InChI=1S/C16H24O2/c1-12-7-10-16(18-2)14(11-12)8-9-15(17)13-5-3-4-6-13/h7,10-11,13,15,17H,3-6,8-9H2,1-2H3. The molecule has 1 atom stereocenters. The van der Waals surface area contributed by atoms with Gasteiger partial charge in [0.2, 0.25) is 0 Å². The maximum absolute atomic E-state index is 10.2. The van der Waals surface area contributed by atoms with Crippen LogP contribution in [0.5, 0.6) is 5.75 Å². The van der Waals surface area contributed by atoms with Crippen molar-refractivity contribution in [3.63, 3.8) is 0 Å². The minimum atomic E-state index is -0.141. The second-order valence-electron chi connectivity index (χ2n) is 5.47. The van der Waals surface area contributed by atoms with Crippen LogP contribution in [0.4, 0.5) is 0 Å². The Kier molecular flexibility index (Phi) is 4.65. The fourth-order valence-corrected chi connectivity index (χ4v) is 2.98. The van der Waals surface area contributed by atoms with Gasteiger partial charge in [-0.1, -0.05) is 30.5 Å². The molecule has 1 aliphatic carbocycles. The second-order valence-corrected chi connectivity index (χ2v) is 5.47. The summed E-state index contributed by atoms with van der Waals surface area (Å²) in [5.41, 5.74) is 2.47. The van der Waals surface area contributed by atoms with Gasteiger partial charge in [-0.2, -0.15) is 0 Å². The minimum Gasteiger partial charge on any atom is -0.496 e. The molecule has 1 N–H and O–H groups in total. The monoisotopic (exact) mass is 248 g/mol. The van der Waals surface area contributed by atoms with Crippen LogP contribution in [0.15, 0.2) is 18.2 Å². The van der Waals surface area contributed by atoms with E-state index in [0.29, 0.717) is 5.92 Å². The Labute approximate surface area is 110 Å². The van der Waals surface area contributed by atoms with Crippen LogP contribution in [0.3, 0.4) is 0 Å². The van der Waals surface area contributed by atoms with E-state index >= 15 is 0 Å². The highest BCUT2D eigenvalue weighted by Gasteiger charge is 2.23. The van der Waals surface area contributed by atoms with Gasteiger partial charge in [-0.25, -0.2) is 0 Å². The zero-order valence-electron chi connectivity index (χ0n) is 11.5. The van der Waals surface area contributed by atoms with Crippen LogP contribution in [0.1, 0.15) is 43.2 Å². The van der Waals surface area contributed by atoms with E-state index in [2.05, 4.69) is 19.1 Å². The summed E-state index contributed by atoms with van der Waals surface area (Å²) in [7, 11) is 1.71. The number of benzene rings is 1. The number of hydrogen-bond acceptors (Lipinski definition) is 2. The van der Waals surface area contributed by atoms with Crippen molar-refractivity contribution in [2.24, 2.45) is 5.92 Å². The third kappa shape index (κ3) is 3.26. The molecule has 2 nitrogen and oxygen atoms in total. The van der Waals surface area contributed by atoms with Gasteiger partial charge in [0.15, 0.2) is 0 Å². The molecule has 0 aliphatic heterocycles. The highest BCUT2D eigenvalue weighted by molar-refractivity contribution is 5.36. The Balaban J connectivity index is 1.94. The van der Waals surface area contributed by atoms with E-state index in [4.69, 9.17) is 4.74 Å². The molecule has 2 rings (SSSR count). The lowest BCUT2D eigenvalue weighted by Gasteiger charge is -2.18. The fraction of sp³-hybridized carbons (Fsp3) is 0.625. The average molecular weight is 248 g/mol. The van der Waals surface area contributed by atoms with Crippen molar-refractivity contribution in [1.29, 1.82) is 0 Å². The summed E-state index contributed by atoms with van der Waals surface area (Å²) < 4.78 is 5.38. The number of methoxy groups -OCH3 is 1. The van der Waals surface area contributed by atoms with Crippen molar-refractivity contribution in [2.45, 2.75) is 51.6 Å². The molecule has 0 bridgehead atoms. The molecule has 0 spiro atoms. The van der Waals surface area contributed by atoms with E-state index < -0.39 is 0 Å². The fourth-order valence-electron chi connectivity index (χ4n) is 2.98. The summed E-state index contributed by atoms with van der Waals surface area (Å²) in [6.07, 6.45) is 6.59. The van der Waals surface area contributed by atoms with E-state index in [1.807, 2.05) is 6.07 Å². The molecule has 1 aromatic rings. The maximum Gasteiger partial charge on any atom is 0.122 e. The average Bonchev–Trinajstić information content (AvgIpc) is 2.90. The molecular formula is C16H24O2. The molecule has 18 heavy (non-hydrogen) atoms. The molecular weight excluding hydrogens is 224 g/mol. The molecule has 1 saturated carbocycles. The van der Waals surface area contributed by atoms with E-state index in [0.717, 1.165) is 18.6 Å². The first kappa shape index (κ1) is 13.4. The van der Waals surface area contributed by atoms with Crippen LogP contribution in [0.2, 0.25) is 0 Å². The number of aliphatic hydroxyl groups is 1. The van der Waals surface area contributed by atoms with E-state index in [1.165, 1.54) is 36.8 Å². The van der Waals surface area contributed by atoms with Crippen LogP contribution in [0, 0.1) is 12.8 Å². The van der Waals surface area contributed by atoms with E-state index in [-0.39, 0.29) is 6.10 Å². The summed E-state index contributed by atoms with van der Waals surface area (Å²) in [4.78, 5) is 0. The van der Waals surface area contributed by atoms with Gasteiger partial charge in [0.05, 0.1) is 13.2 Å². The minimum absolute atomic E-state index is 0.141. The topological polar surface area (TPSA) is 29.5 Å². The molecule has 1 aromatic carbocycles. The lowest BCUT2D eigenvalue weighted by molar-refractivity contribution is 0.102. The Morgan fingerprint density at radius 2 is 2.06 bits per heavy atom. The molecule has 1 unspecified atom stereocenters. The van der Waals surface area contributed by atoms with Crippen molar-refractivity contribution in [1.82, 2.24) is 0 Å². The van der Waals surface area contributed by atoms with Crippen molar-refractivity contribution in [3.05, 3.63) is 29.3 Å². The Bertz CT molecular complexity index is 381. The molecule has 1 fully saturated rings. The number of aliphatic hydroxyl groups excluding tert-OH is 1. The van der Waals surface area contributed by atoms with Gasteiger partial charge < -0.3 is 9.84 Å². The normalized spacial score (nSPS) is 17.9. The third-order valence-electron chi connectivity index (χ3n) is 4.09. The van der Waals surface area contributed by atoms with Gasteiger partial charge in [-0.15, -0.1) is 0 Å². The summed E-state index contributed by atoms with van der Waals surface area (Å²) in [5, 5.41) is 10.2. The first-order valence-corrected chi connectivity index (χ1v) is 7.02. The van der Waals surface area contributed by atoms with Gasteiger partial charge in [0, 0.05) is 0 Å². The second kappa shape index (κ2) is 6.24. The van der Waals surface area contributed by atoms with Crippen molar-refractivity contribution in [2.75, 3.05) is 7.11 Å². The van der Waals surface area contributed by atoms with Crippen LogP contribution in [0.25, 0.3) is 0 Å². The highest BCUT2D eigenvalue weighted by Crippen LogP contribution is 2.30. The molecule has 0 heterocycles. The summed E-state index contributed by atoms with van der Waals surface area (Å²) >= 11 is 0. The number of ether oxygens (including phenoxy) is 1. The number of rotatable bonds is 5. The third-order valence-corrected chi connectivity index (χ3v) is 4.09. The Hall–Kier alpha value is -1.02. The number of aryl methyl sites for hydroxylation is 2.